The van der Waals surface area contributed by atoms with Crippen LogP contribution in [0.2, 0.25) is 0 Å². The summed E-state index contributed by atoms with van der Waals surface area (Å²) in [6.07, 6.45) is 0.271. The molecule has 0 unspecified atom stereocenters. The molecule has 0 saturated carbocycles. The predicted molar refractivity (Wildman–Crippen MR) is 85.7 cm³/mol. The molecule has 0 aliphatic carbocycles. The average Bonchev–Trinajstić information content (AvgIpc) is 2.54. The monoisotopic (exact) mass is 284 g/mol. The standard InChI is InChI=1S/C17H20N2O2/c1-3-20-17(21-4-2)18-19(15-11-7-5-8-12-15)16-13-9-6-10-14-16/h5-14H,3-4H2,1-2H3. The molecule has 0 aliphatic heterocycles. The zero-order valence-corrected chi connectivity index (χ0v) is 12.4. The van der Waals surface area contributed by atoms with Crippen molar-refractivity contribution >= 4 is 17.5 Å². The van der Waals surface area contributed by atoms with E-state index >= 15 is 0 Å². The topological polar surface area (TPSA) is 34.1 Å². The van der Waals surface area contributed by atoms with Gasteiger partial charge in [0.05, 0.1) is 24.6 Å². The van der Waals surface area contributed by atoms with Crippen LogP contribution < -0.4 is 5.01 Å². The first-order chi connectivity index (χ1) is 10.3. The van der Waals surface area contributed by atoms with Crippen molar-refractivity contribution in [3.8, 4) is 0 Å². The van der Waals surface area contributed by atoms with Gasteiger partial charge in [-0.3, -0.25) is 0 Å². The fraction of sp³-hybridized carbons (Fsp3) is 0.235. The van der Waals surface area contributed by atoms with Gasteiger partial charge in [0, 0.05) is 0 Å². The Hall–Kier alpha value is -2.49. The lowest BCUT2D eigenvalue weighted by atomic mass is 10.2. The summed E-state index contributed by atoms with van der Waals surface area (Å²) in [6.45, 7) is 4.83. The highest BCUT2D eigenvalue weighted by atomic mass is 16.7. The molecule has 0 aromatic heterocycles. The molecule has 2 aromatic carbocycles. The lowest BCUT2D eigenvalue weighted by Crippen LogP contribution is -2.18. The highest BCUT2D eigenvalue weighted by Gasteiger charge is 2.11. The quantitative estimate of drug-likeness (QED) is 0.469. The summed E-state index contributed by atoms with van der Waals surface area (Å²) in [5, 5.41) is 6.31. The SMILES string of the molecule is CCOC(=NN(c1ccccc1)c1ccccc1)OCC. The second-order valence-electron chi connectivity index (χ2n) is 4.21. The number of nitrogens with zero attached hydrogens (tertiary/aromatic N) is 2. The van der Waals surface area contributed by atoms with Gasteiger partial charge in [0.25, 0.3) is 0 Å². The number of hydrazone groups is 1. The van der Waals surface area contributed by atoms with E-state index in [9.17, 15) is 0 Å². The fourth-order valence-electron chi connectivity index (χ4n) is 1.83. The van der Waals surface area contributed by atoms with Crippen molar-refractivity contribution in [3.63, 3.8) is 0 Å². The lowest BCUT2D eigenvalue weighted by Gasteiger charge is -2.20. The lowest BCUT2D eigenvalue weighted by molar-refractivity contribution is 0.180. The van der Waals surface area contributed by atoms with Crippen LogP contribution >= 0.6 is 0 Å². The second kappa shape index (κ2) is 7.94. The number of anilines is 2. The Morgan fingerprint density at radius 2 is 1.24 bits per heavy atom. The molecule has 0 fully saturated rings. The maximum absolute atomic E-state index is 5.44. The minimum atomic E-state index is 0.271. The van der Waals surface area contributed by atoms with Gasteiger partial charge < -0.3 is 9.47 Å². The second-order valence-corrected chi connectivity index (χ2v) is 4.21. The van der Waals surface area contributed by atoms with Crippen molar-refractivity contribution in [2.75, 3.05) is 18.2 Å². The first-order valence-corrected chi connectivity index (χ1v) is 7.09. The third-order valence-corrected chi connectivity index (χ3v) is 2.72. The van der Waals surface area contributed by atoms with Crippen molar-refractivity contribution in [1.29, 1.82) is 0 Å². The summed E-state index contributed by atoms with van der Waals surface area (Å²) in [6, 6.07) is 19.8. The fourth-order valence-corrected chi connectivity index (χ4v) is 1.83. The van der Waals surface area contributed by atoms with Crippen LogP contribution in [0.4, 0.5) is 11.4 Å². The van der Waals surface area contributed by atoms with Gasteiger partial charge in [0.1, 0.15) is 0 Å². The van der Waals surface area contributed by atoms with Crippen LogP contribution in [0.15, 0.2) is 65.8 Å². The van der Waals surface area contributed by atoms with Gasteiger partial charge in [-0.15, -0.1) is 0 Å². The maximum atomic E-state index is 5.44. The van der Waals surface area contributed by atoms with Crippen LogP contribution in [0, 0.1) is 0 Å². The average molecular weight is 284 g/mol. The van der Waals surface area contributed by atoms with E-state index in [2.05, 4.69) is 5.10 Å². The molecule has 0 amide bonds. The molecule has 0 spiro atoms. The Labute approximate surface area is 125 Å². The summed E-state index contributed by atoms with van der Waals surface area (Å²) in [4.78, 5) is 0. The van der Waals surface area contributed by atoms with Crippen molar-refractivity contribution in [2.45, 2.75) is 13.8 Å². The molecule has 4 heteroatoms. The maximum Gasteiger partial charge on any atom is 0.406 e. The first kappa shape index (κ1) is 14.9. The Morgan fingerprint density at radius 1 is 0.810 bits per heavy atom. The van der Waals surface area contributed by atoms with Crippen LogP contribution in [0.3, 0.4) is 0 Å². The molecule has 0 aliphatic rings. The van der Waals surface area contributed by atoms with E-state index in [1.165, 1.54) is 0 Å². The van der Waals surface area contributed by atoms with Gasteiger partial charge >= 0.3 is 6.08 Å². The summed E-state index contributed by atoms with van der Waals surface area (Å²) in [5.74, 6) is 0. The van der Waals surface area contributed by atoms with Crippen molar-refractivity contribution in [2.24, 2.45) is 5.10 Å². The van der Waals surface area contributed by atoms with Crippen LogP contribution in [0.25, 0.3) is 0 Å². The van der Waals surface area contributed by atoms with E-state index in [4.69, 9.17) is 9.47 Å². The Balaban J connectivity index is 2.38. The largest absolute Gasteiger partial charge is 0.450 e. The molecule has 110 valence electrons. The molecular weight excluding hydrogens is 264 g/mol. The minimum absolute atomic E-state index is 0.271. The summed E-state index contributed by atoms with van der Waals surface area (Å²) < 4.78 is 10.9. The number of ether oxygens (including phenoxy) is 2. The highest BCUT2D eigenvalue weighted by molar-refractivity contribution is 5.72. The van der Waals surface area contributed by atoms with E-state index in [0.717, 1.165) is 11.4 Å². The van der Waals surface area contributed by atoms with E-state index < -0.39 is 0 Å². The molecule has 0 radical (unpaired) electrons. The van der Waals surface area contributed by atoms with Crippen molar-refractivity contribution in [1.82, 2.24) is 0 Å². The number of hydrogen-bond donors (Lipinski definition) is 0. The van der Waals surface area contributed by atoms with Crippen LogP contribution in [0.1, 0.15) is 13.8 Å². The molecule has 0 heterocycles. The molecular formula is C17H20N2O2. The van der Waals surface area contributed by atoms with Gasteiger partial charge in [-0.1, -0.05) is 41.5 Å². The Morgan fingerprint density at radius 3 is 1.62 bits per heavy atom. The van der Waals surface area contributed by atoms with E-state index in [1.807, 2.05) is 74.5 Å². The summed E-state index contributed by atoms with van der Waals surface area (Å²) >= 11 is 0. The molecule has 0 N–H and O–H groups in total. The first-order valence-electron chi connectivity index (χ1n) is 7.09. The third kappa shape index (κ3) is 4.24. The number of hydrogen-bond acceptors (Lipinski definition) is 4. The Kier molecular flexibility index (Phi) is 5.64. The molecule has 0 saturated heterocycles. The number of para-hydroxylation sites is 2. The molecule has 4 nitrogen and oxygen atoms in total. The summed E-state index contributed by atoms with van der Waals surface area (Å²) in [7, 11) is 0. The van der Waals surface area contributed by atoms with Gasteiger partial charge in [0.2, 0.25) is 0 Å². The number of benzene rings is 2. The predicted octanol–water partition coefficient (Wildman–Crippen LogP) is 4.17. The van der Waals surface area contributed by atoms with Gasteiger partial charge in [-0.2, -0.15) is 0 Å². The normalized spacial score (nSPS) is 9.81. The van der Waals surface area contributed by atoms with Gasteiger partial charge in [0.15, 0.2) is 0 Å². The van der Waals surface area contributed by atoms with Crippen LogP contribution in [-0.2, 0) is 9.47 Å². The number of rotatable bonds is 5. The molecule has 2 aromatic rings. The molecule has 2 rings (SSSR count). The van der Waals surface area contributed by atoms with Crippen molar-refractivity contribution in [3.05, 3.63) is 60.7 Å². The third-order valence-electron chi connectivity index (χ3n) is 2.72. The van der Waals surface area contributed by atoms with Gasteiger partial charge in [-0.25, -0.2) is 5.01 Å². The van der Waals surface area contributed by atoms with E-state index in [0.29, 0.717) is 13.2 Å². The zero-order valence-electron chi connectivity index (χ0n) is 12.4. The minimum Gasteiger partial charge on any atom is -0.450 e. The zero-order chi connectivity index (χ0) is 14.9. The van der Waals surface area contributed by atoms with Crippen molar-refractivity contribution < 1.29 is 9.47 Å². The summed E-state index contributed by atoms with van der Waals surface area (Å²) in [5.41, 5.74) is 1.89. The van der Waals surface area contributed by atoms with Crippen LogP contribution in [-0.4, -0.2) is 19.3 Å². The highest BCUT2D eigenvalue weighted by Crippen LogP contribution is 2.25. The molecule has 0 bridgehead atoms. The Bertz CT molecular complexity index is 508. The smallest absolute Gasteiger partial charge is 0.406 e. The van der Waals surface area contributed by atoms with Gasteiger partial charge in [-0.05, 0) is 38.1 Å². The van der Waals surface area contributed by atoms with E-state index in [-0.39, 0.29) is 6.08 Å². The molecule has 0 atom stereocenters. The van der Waals surface area contributed by atoms with E-state index in [1.54, 1.807) is 5.01 Å². The van der Waals surface area contributed by atoms with Crippen LogP contribution in [0.5, 0.6) is 0 Å². The molecule has 21 heavy (non-hydrogen) atoms.